The molecule has 10 heavy (non-hydrogen) atoms. The van der Waals surface area contributed by atoms with Crippen LogP contribution in [-0.4, -0.2) is 15.6 Å². The number of hydrogen-bond acceptors (Lipinski definition) is 2. The third kappa shape index (κ3) is 1.57. The largest absolute Gasteiger partial charge is 0.338 e. The average molecular weight is 139 g/mol. The van der Waals surface area contributed by atoms with Gasteiger partial charge < -0.3 is 10.3 Å². The minimum absolute atomic E-state index is 0.195. The van der Waals surface area contributed by atoms with Crippen LogP contribution in [0.2, 0.25) is 0 Å². The molecule has 0 aliphatic carbocycles. The molecule has 1 heterocycles. The molecule has 1 aromatic rings. The van der Waals surface area contributed by atoms with Crippen LogP contribution in [0.3, 0.4) is 0 Å². The quantitative estimate of drug-likeness (QED) is 0.640. The molecule has 3 nitrogen and oxygen atoms in total. The molecule has 3 heteroatoms. The first-order valence-corrected chi connectivity index (χ1v) is 3.42. The van der Waals surface area contributed by atoms with Crippen molar-refractivity contribution in [2.45, 2.75) is 19.4 Å². The summed E-state index contributed by atoms with van der Waals surface area (Å²) in [5.41, 5.74) is 5.60. The Labute approximate surface area is 60.9 Å². The van der Waals surface area contributed by atoms with E-state index in [1.165, 1.54) is 0 Å². The van der Waals surface area contributed by atoms with E-state index in [9.17, 15) is 0 Å². The predicted octanol–water partition coefficient (Wildman–Crippen LogP) is 0.310. The van der Waals surface area contributed by atoms with Crippen molar-refractivity contribution in [1.82, 2.24) is 9.55 Å². The molecule has 1 rings (SSSR count). The Morgan fingerprint density at radius 1 is 1.80 bits per heavy atom. The molecule has 0 aromatic carbocycles. The number of aromatic nitrogens is 2. The third-order valence-corrected chi connectivity index (χ3v) is 1.43. The van der Waals surface area contributed by atoms with Gasteiger partial charge in [0.15, 0.2) is 0 Å². The molecule has 0 radical (unpaired) electrons. The first-order valence-electron chi connectivity index (χ1n) is 3.42. The van der Waals surface area contributed by atoms with Crippen molar-refractivity contribution >= 4 is 0 Å². The van der Waals surface area contributed by atoms with Crippen molar-refractivity contribution in [3.05, 3.63) is 18.2 Å². The summed E-state index contributed by atoms with van der Waals surface area (Å²) >= 11 is 0. The van der Waals surface area contributed by atoms with E-state index in [1.54, 1.807) is 6.20 Å². The van der Waals surface area contributed by atoms with Gasteiger partial charge in [-0.2, -0.15) is 0 Å². The molecule has 0 unspecified atom stereocenters. The van der Waals surface area contributed by atoms with Crippen LogP contribution in [0.4, 0.5) is 0 Å². The molecule has 0 saturated carbocycles. The normalized spacial score (nSPS) is 13.5. The SMILES string of the molecule is C[C@@H](N)Cc1nccn1C. The summed E-state index contributed by atoms with van der Waals surface area (Å²) in [6.45, 7) is 1.98. The van der Waals surface area contributed by atoms with Crippen LogP contribution in [0.5, 0.6) is 0 Å². The monoisotopic (exact) mass is 139 g/mol. The molecule has 0 aliphatic heterocycles. The Morgan fingerprint density at radius 3 is 2.90 bits per heavy atom. The van der Waals surface area contributed by atoms with Gasteiger partial charge in [-0.15, -0.1) is 0 Å². The highest BCUT2D eigenvalue weighted by molar-refractivity contribution is 4.92. The number of aryl methyl sites for hydroxylation is 1. The molecule has 2 N–H and O–H groups in total. The van der Waals surface area contributed by atoms with E-state index in [2.05, 4.69) is 4.98 Å². The molecule has 1 atom stereocenters. The fourth-order valence-electron chi connectivity index (χ4n) is 0.881. The second kappa shape index (κ2) is 2.84. The van der Waals surface area contributed by atoms with Gasteiger partial charge in [0.05, 0.1) is 0 Å². The van der Waals surface area contributed by atoms with Crippen LogP contribution >= 0.6 is 0 Å². The Morgan fingerprint density at radius 2 is 2.50 bits per heavy atom. The fourth-order valence-corrected chi connectivity index (χ4v) is 0.881. The van der Waals surface area contributed by atoms with Crippen molar-refractivity contribution in [2.75, 3.05) is 0 Å². The summed E-state index contributed by atoms with van der Waals surface area (Å²) in [6, 6.07) is 0.195. The second-order valence-electron chi connectivity index (χ2n) is 2.64. The van der Waals surface area contributed by atoms with E-state index in [0.29, 0.717) is 0 Å². The molecule has 0 amide bonds. The van der Waals surface area contributed by atoms with Crippen molar-refractivity contribution in [3.63, 3.8) is 0 Å². The lowest BCUT2D eigenvalue weighted by atomic mass is 10.2. The maximum absolute atomic E-state index is 5.60. The highest BCUT2D eigenvalue weighted by Gasteiger charge is 2.00. The maximum atomic E-state index is 5.60. The standard InChI is InChI=1S/C7H13N3/c1-6(8)5-7-9-3-4-10(7)2/h3-4,6H,5,8H2,1-2H3/t6-/m1/s1. The minimum Gasteiger partial charge on any atom is -0.338 e. The maximum Gasteiger partial charge on any atom is 0.109 e. The molecule has 0 fully saturated rings. The molecular weight excluding hydrogens is 126 g/mol. The van der Waals surface area contributed by atoms with Crippen LogP contribution in [0.1, 0.15) is 12.7 Å². The summed E-state index contributed by atoms with van der Waals surface area (Å²) < 4.78 is 1.99. The van der Waals surface area contributed by atoms with Crippen LogP contribution in [-0.2, 0) is 13.5 Å². The number of rotatable bonds is 2. The van der Waals surface area contributed by atoms with Crippen molar-refractivity contribution in [1.29, 1.82) is 0 Å². The Bertz CT molecular complexity index is 202. The van der Waals surface area contributed by atoms with Crippen molar-refractivity contribution < 1.29 is 0 Å². The summed E-state index contributed by atoms with van der Waals surface area (Å²) in [5, 5.41) is 0. The summed E-state index contributed by atoms with van der Waals surface area (Å²) in [6.07, 6.45) is 4.57. The third-order valence-electron chi connectivity index (χ3n) is 1.43. The zero-order chi connectivity index (χ0) is 7.56. The van der Waals surface area contributed by atoms with Gasteiger partial charge >= 0.3 is 0 Å². The van der Waals surface area contributed by atoms with Gasteiger partial charge in [0, 0.05) is 31.9 Å². The van der Waals surface area contributed by atoms with E-state index in [4.69, 9.17) is 5.73 Å². The lowest BCUT2D eigenvalue weighted by Crippen LogP contribution is -2.19. The average Bonchev–Trinajstić information content (AvgIpc) is 2.15. The molecule has 0 bridgehead atoms. The molecule has 0 saturated heterocycles. The Kier molecular flexibility index (Phi) is 2.06. The summed E-state index contributed by atoms with van der Waals surface area (Å²) in [4.78, 5) is 4.14. The van der Waals surface area contributed by atoms with Gasteiger partial charge in [0.2, 0.25) is 0 Å². The van der Waals surface area contributed by atoms with E-state index in [-0.39, 0.29) is 6.04 Å². The number of nitrogens with zero attached hydrogens (tertiary/aromatic N) is 2. The van der Waals surface area contributed by atoms with Crippen molar-refractivity contribution in [2.24, 2.45) is 12.8 Å². The zero-order valence-corrected chi connectivity index (χ0v) is 6.41. The van der Waals surface area contributed by atoms with Gasteiger partial charge in [0.1, 0.15) is 5.82 Å². The van der Waals surface area contributed by atoms with E-state index < -0.39 is 0 Å². The highest BCUT2D eigenvalue weighted by atomic mass is 15.0. The smallest absolute Gasteiger partial charge is 0.109 e. The van der Waals surface area contributed by atoms with Crippen LogP contribution in [0, 0.1) is 0 Å². The Hall–Kier alpha value is -0.830. The lowest BCUT2D eigenvalue weighted by Gasteiger charge is -2.03. The topological polar surface area (TPSA) is 43.8 Å². The minimum atomic E-state index is 0.195. The van der Waals surface area contributed by atoms with Gasteiger partial charge in [-0.1, -0.05) is 0 Å². The Balaban J connectivity index is 2.65. The van der Waals surface area contributed by atoms with Crippen LogP contribution < -0.4 is 5.73 Å². The van der Waals surface area contributed by atoms with Crippen LogP contribution in [0.15, 0.2) is 12.4 Å². The van der Waals surface area contributed by atoms with Crippen molar-refractivity contribution in [3.8, 4) is 0 Å². The first kappa shape index (κ1) is 7.28. The fraction of sp³-hybridized carbons (Fsp3) is 0.571. The van der Waals surface area contributed by atoms with Crippen LogP contribution in [0.25, 0.3) is 0 Å². The first-order chi connectivity index (χ1) is 4.70. The molecule has 1 aromatic heterocycles. The van der Waals surface area contributed by atoms with E-state index in [0.717, 1.165) is 12.2 Å². The van der Waals surface area contributed by atoms with Gasteiger partial charge in [-0.3, -0.25) is 0 Å². The second-order valence-corrected chi connectivity index (χ2v) is 2.64. The van der Waals surface area contributed by atoms with E-state index >= 15 is 0 Å². The van der Waals surface area contributed by atoms with E-state index in [1.807, 2.05) is 24.7 Å². The molecular formula is C7H13N3. The molecule has 56 valence electrons. The van der Waals surface area contributed by atoms with Gasteiger partial charge in [-0.05, 0) is 6.92 Å². The predicted molar refractivity (Wildman–Crippen MR) is 40.6 cm³/mol. The summed E-state index contributed by atoms with van der Waals surface area (Å²) in [7, 11) is 1.98. The number of hydrogen-bond donors (Lipinski definition) is 1. The molecule has 0 spiro atoms. The molecule has 0 aliphatic rings. The lowest BCUT2D eigenvalue weighted by molar-refractivity contribution is 0.672. The number of imidazole rings is 1. The van der Waals surface area contributed by atoms with Gasteiger partial charge in [0.25, 0.3) is 0 Å². The highest BCUT2D eigenvalue weighted by Crippen LogP contribution is 1.96. The number of nitrogens with two attached hydrogens (primary N) is 1. The summed E-state index contributed by atoms with van der Waals surface area (Å²) in [5.74, 6) is 1.05. The zero-order valence-electron chi connectivity index (χ0n) is 6.41. The van der Waals surface area contributed by atoms with Gasteiger partial charge in [-0.25, -0.2) is 4.98 Å².